The van der Waals surface area contributed by atoms with Crippen molar-refractivity contribution in [1.82, 2.24) is 15.5 Å². The van der Waals surface area contributed by atoms with Crippen LogP contribution in [-0.2, 0) is 6.42 Å². The molecule has 1 aromatic heterocycles. The van der Waals surface area contributed by atoms with E-state index in [0.29, 0.717) is 24.4 Å². The van der Waals surface area contributed by atoms with E-state index in [4.69, 9.17) is 4.52 Å². The van der Waals surface area contributed by atoms with Gasteiger partial charge in [0.25, 0.3) is 5.91 Å². The maximum atomic E-state index is 12.2. The Kier molecular flexibility index (Phi) is 4.70. The van der Waals surface area contributed by atoms with Gasteiger partial charge in [-0.1, -0.05) is 11.2 Å². The second kappa shape index (κ2) is 6.70. The topological polar surface area (TPSA) is 80.0 Å². The lowest BCUT2D eigenvalue weighted by Gasteiger charge is -2.11. The maximum Gasteiger partial charge on any atom is 0.253 e. The molecule has 106 valence electrons. The molecule has 0 aliphatic heterocycles. The molecule has 1 amide bonds. The smallest absolute Gasteiger partial charge is 0.253 e. The van der Waals surface area contributed by atoms with Crippen LogP contribution >= 0.6 is 0 Å². The van der Waals surface area contributed by atoms with Crippen molar-refractivity contribution in [2.24, 2.45) is 0 Å². The summed E-state index contributed by atoms with van der Waals surface area (Å²) in [5.41, 5.74) is 2.61. The number of carbonyl (C=O) groups excluding carboxylic acids is 1. The highest BCUT2D eigenvalue weighted by Gasteiger charge is 2.11. The van der Waals surface area contributed by atoms with Crippen molar-refractivity contribution in [2.75, 3.05) is 18.4 Å². The Bertz CT molecular complexity index is 567. The molecule has 2 aromatic rings. The molecule has 0 atom stereocenters. The predicted octanol–water partition coefficient (Wildman–Crippen LogP) is 1.78. The number of aromatic nitrogens is 2. The molecule has 1 heterocycles. The second-order valence-corrected chi connectivity index (χ2v) is 4.42. The van der Waals surface area contributed by atoms with Crippen LogP contribution in [0.3, 0.4) is 0 Å². The average molecular weight is 274 g/mol. The first-order valence-corrected chi connectivity index (χ1v) is 6.59. The first kappa shape index (κ1) is 14.0. The summed E-state index contributed by atoms with van der Waals surface area (Å²) in [4.78, 5) is 16.1. The van der Waals surface area contributed by atoms with Crippen molar-refractivity contribution in [3.05, 3.63) is 41.5 Å². The van der Waals surface area contributed by atoms with Crippen LogP contribution in [0, 0.1) is 6.92 Å². The summed E-state index contributed by atoms with van der Waals surface area (Å²) < 4.78 is 4.87. The van der Waals surface area contributed by atoms with Crippen LogP contribution in [0.5, 0.6) is 0 Å². The first-order chi connectivity index (χ1) is 9.70. The van der Waals surface area contributed by atoms with Gasteiger partial charge < -0.3 is 15.2 Å². The van der Waals surface area contributed by atoms with Crippen molar-refractivity contribution in [1.29, 1.82) is 0 Å². The van der Waals surface area contributed by atoms with Gasteiger partial charge >= 0.3 is 0 Å². The summed E-state index contributed by atoms with van der Waals surface area (Å²) in [5, 5.41) is 9.57. The van der Waals surface area contributed by atoms with E-state index in [1.807, 2.05) is 32.0 Å². The number of hydrogen-bond donors (Lipinski definition) is 2. The highest BCUT2D eigenvalue weighted by atomic mass is 16.5. The van der Waals surface area contributed by atoms with Crippen molar-refractivity contribution >= 4 is 11.6 Å². The summed E-state index contributed by atoms with van der Waals surface area (Å²) in [6, 6.07) is 5.72. The minimum Gasteiger partial charge on any atom is -0.385 e. The van der Waals surface area contributed by atoms with E-state index in [1.165, 1.54) is 6.33 Å². The van der Waals surface area contributed by atoms with E-state index < -0.39 is 0 Å². The highest BCUT2D eigenvalue weighted by Crippen LogP contribution is 2.17. The van der Waals surface area contributed by atoms with Gasteiger partial charge in [0.05, 0.1) is 5.56 Å². The molecule has 2 N–H and O–H groups in total. The largest absolute Gasteiger partial charge is 0.385 e. The fraction of sp³-hybridized carbons (Fsp3) is 0.357. The van der Waals surface area contributed by atoms with Gasteiger partial charge in [0.2, 0.25) is 5.89 Å². The standard InChI is InChI=1S/C14H18N4O2/c1-3-15-12-8-10(2)4-5-11(12)14(19)16-7-6-13-17-9-18-20-13/h4-5,8-9,15H,3,6-7H2,1-2H3,(H,16,19). The van der Waals surface area contributed by atoms with Crippen LogP contribution in [0.1, 0.15) is 28.7 Å². The van der Waals surface area contributed by atoms with Crippen molar-refractivity contribution in [3.63, 3.8) is 0 Å². The number of amides is 1. The zero-order chi connectivity index (χ0) is 14.4. The third-order valence-electron chi connectivity index (χ3n) is 2.82. The number of benzene rings is 1. The summed E-state index contributed by atoms with van der Waals surface area (Å²) in [7, 11) is 0. The van der Waals surface area contributed by atoms with Crippen LogP contribution in [0.25, 0.3) is 0 Å². The number of rotatable bonds is 6. The van der Waals surface area contributed by atoms with E-state index >= 15 is 0 Å². The quantitative estimate of drug-likeness (QED) is 0.839. The summed E-state index contributed by atoms with van der Waals surface area (Å²) in [6.07, 6.45) is 1.87. The highest BCUT2D eigenvalue weighted by molar-refractivity contribution is 5.99. The molecule has 0 radical (unpaired) electrons. The number of hydrogen-bond acceptors (Lipinski definition) is 5. The van der Waals surface area contributed by atoms with Crippen LogP contribution in [-0.4, -0.2) is 29.1 Å². The van der Waals surface area contributed by atoms with Crippen molar-refractivity contribution in [2.45, 2.75) is 20.3 Å². The zero-order valence-electron chi connectivity index (χ0n) is 11.6. The Hall–Kier alpha value is -2.37. The molecule has 0 bridgehead atoms. The monoisotopic (exact) mass is 274 g/mol. The number of anilines is 1. The molecule has 0 fully saturated rings. The lowest BCUT2D eigenvalue weighted by molar-refractivity contribution is 0.0954. The lowest BCUT2D eigenvalue weighted by Crippen LogP contribution is -2.26. The number of nitrogens with one attached hydrogen (secondary N) is 2. The minimum absolute atomic E-state index is 0.111. The molecule has 0 saturated heterocycles. The maximum absolute atomic E-state index is 12.2. The first-order valence-electron chi connectivity index (χ1n) is 6.59. The fourth-order valence-corrected chi connectivity index (χ4v) is 1.88. The molecule has 6 nitrogen and oxygen atoms in total. The summed E-state index contributed by atoms with van der Waals surface area (Å²) in [6.45, 7) is 5.23. The molecular formula is C14H18N4O2. The molecule has 0 aliphatic rings. The van der Waals surface area contributed by atoms with Gasteiger partial charge in [0.1, 0.15) is 0 Å². The van der Waals surface area contributed by atoms with Crippen LogP contribution in [0.2, 0.25) is 0 Å². The van der Waals surface area contributed by atoms with Crippen molar-refractivity contribution in [3.8, 4) is 0 Å². The van der Waals surface area contributed by atoms with Gasteiger partial charge in [-0.15, -0.1) is 0 Å². The molecule has 0 aliphatic carbocycles. The van der Waals surface area contributed by atoms with Gasteiger partial charge in [0.15, 0.2) is 6.33 Å². The normalized spacial score (nSPS) is 10.3. The van der Waals surface area contributed by atoms with Crippen LogP contribution in [0.4, 0.5) is 5.69 Å². The molecule has 0 spiro atoms. The molecule has 6 heteroatoms. The van der Waals surface area contributed by atoms with Crippen LogP contribution in [0.15, 0.2) is 29.0 Å². The SMILES string of the molecule is CCNc1cc(C)ccc1C(=O)NCCc1ncno1. The van der Waals surface area contributed by atoms with Gasteiger partial charge in [-0.3, -0.25) is 4.79 Å². The third-order valence-corrected chi connectivity index (χ3v) is 2.82. The van der Waals surface area contributed by atoms with E-state index in [9.17, 15) is 4.79 Å². The average Bonchev–Trinajstić information content (AvgIpc) is 2.92. The van der Waals surface area contributed by atoms with Gasteiger partial charge in [-0.25, -0.2) is 0 Å². The Morgan fingerprint density at radius 3 is 2.95 bits per heavy atom. The Labute approximate surface area is 117 Å². The summed E-state index contributed by atoms with van der Waals surface area (Å²) >= 11 is 0. The number of aryl methyl sites for hydroxylation is 1. The molecule has 1 aromatic carbocycles. The molecule has 0 unspecified atom stereocenters. The van der Waals surface area contributed by atoms with E-state index in [-0.39, 0.29) is 5.91 Å². The molecule has 2 rings (SSSR count). The predicted molar refractivity (Wildman–Crippen MR) is 75.7 cm³/mol. The van der Waals surface area contributed by atoms with Gasteiger partial charge in [-0.2, -0.15) is 4.98 Å². The number of nitrogens with zero attached hydrogens (tertiary/aromatic N) is 2. The Morgan fingerprint density at radius 1 is 1.40 bits per heavy atom. The Balaban J connectivity index is 1.97. The van der Waals surface area contributed by atoms with Gasteiger partial charge in [0, 0.05) is 25.2 Å². The zero-order valence-corrected chi connectivity index (χ0v) is 11.6. The lowest BCUT2D eigenvalue weighted by atomic mass is 10.1. The summed E-state index contributed by atoms with van der Waals surface area (Å²) in [5.74, 6) is 0.404. The molecule has 20 heavy (non-hydrogen) atoms. The fourth-order valence-electron chi connectivity index (χ4n) is 1.88. The van der Waals surface area contributed by atoms with E-state index in [2.05, 4.69) is 20.8 Å². The third kappa shape index (κ3) is 3.57. The number of carbonyl (C=O) groups is 1. The second-order valence-electron chi connectivity index (χ2n) is 4.42. The molecule has 0 saturated carbocycles. The van der Waals surface area contributed by atoms with E-state index in [1.54, 1.807) is 0 Å². The van der Waals surface area contributed by atoms with Gasteiger partial charge in [-0.05, 0) is 31.5 Å². The Morgan fingerprint density at radius 2 is 2.25 bits per heavy atom. The van der Waals surface area contributed by atoms with Crippen molar-refractivity contribution < 1.29 is 9.32 Å². The molecular weight excluding hydrogens is 256 g/mol. The van der Waals surface area contributed by atoms with E-state index in [0.717, 1.165) is 17.8 Å². The minimum atomic E-state index is -0.111. The van der Waals surface area contributed by atoms with Crippen LogP contribution < -0.4 is 10.6 Å².